The molecular weight excluding hydrogens is 242 g/mol. The molecule has 0 atom stereocenters. The van der Waals surface area contributed by atoms with E-state index in [2.05, 4.69) is 14.9 Å². The Morgan fingerprint density at radius 2 is 2.05 bits per heavy atom. The highest BCUT2D eigenvalue weighted by molar-refractivity contribution is 5.88. The van der Waals surface area contributed by atoms with Gasteiger partial charge in [-0.25, -0.2) is 14.8 Å². The van der Waals surface area contributed by atoms with Crippen molar-refractivity contribution >= 4 is 11.7 Å². The van der Waals surface area contributed by atoms with Crippen LogP contribution in [0.5, 0.6) is 0 Å². The molecule has 0 saturated heterocycles. The van der Waals surface area contributed by atoms with Crippen LogP contribution in [0.2, 0.25) is 0 Å². The second-order valence-electron chi connectivity index (χ2n) is 4.04. The van der Waals surface area contributed by atoms with E-state index in [-0.39, 0.29) is 5.56 Å². The van der Waals surface area contributed by atoms with Crippen molar-refractivity contribution in [2.75, 3.05) is 11.4 Å². The van der Waals surface area contributed by atoms with Gasteiger partial charge in [0.15, 0.2) is 0 Å². The number of carbonyl (C=O) groups is 1. The Labute approximate surface area is 111 Å². The summed E-state index contributed by atoms with van der Waals surface area (Å²) in [7, 11) is 0. The molecule has 0 radical (unpaired) electrons. The zero-order valence-corrected chi connectivity index (χ0v) is 10.7. The first kappa shape index (κ1) is 13.0. The van der Waals surface area contributed by atoms with Gasteiger partial charge in [0, 0.05) is 18.4 Å². The van der Waals surface area contributed by atoms with Gasteiger partial charge < -0.3 is 10.0 Å². The average molecular weight is 257 g/mol. The van der Waals surface area contributed by atoms with Gasteiger partial charge in [-0.1, -0.05) is 18.2 Å². The van der Waals surface area contributed by atoms with Crippen LogP contribution in [0.3, 0.4) is 0 Å². The van der Waals surface area contributed by atoms with E-state index in [4.69, 9.17) is 5.11 Å². The minimum absolute atomic E-state index is 0.150. The second-order valence-corrected chi connectivity index (χ2v) is 4.04. The number of carboxylic acid groups (broad SMARTS) is 1. The number of hydrogen-bond donors (Lipinski definition) is 1. The van der Waals surface area contributed by atoms with E-state index in [0.717, 1.165) is 12.2 Å². The molecule has 0 aliphatic carbocycles. The van der Waals surface area contributed by atoms with Gasteiger partial charge in [0.25, 0.3) is 0 Å². The molecule has 0 unspecified atom stereocenters. The van der Waals surface area contributed by atoms with Crippen LogP contribution in [0.1, 0.15) is 23.0 Å². The van der Waals surface area contributed by atoms with E-state index >= 15 is 0 Å². The van der Waals surface area contributed by atoms with Crippen molar-refractivity contribution in [2.24, 2.45) is 0 Å². The van der Waals surface area contributed by atoms with E-state index < -0.39 is 5.97 Å². The highest BCUT2D eigenvalue weighted by atomic mass is 16.4. The van der Waals surface area contributed by atoms with Crippen molar-refractivity contribution in [3.8, 4) is 0 Å². The lowest BCUT2D eigenvalue weighted by Crippen LogP contribution is -2.24. The van der Waals surface area contributed by atoms with Crippen LogP contribution in [0.4, 0.5) is 5.69 Å². The molecule has 1 aromatic heterocycles. The zero-order chi connectivity index (χ0) is 13.7. The van der Waals surface area contributed by atoms with Crippen LogP contribution in [0.15, 0.2) is 42.9 Å². The Morgan fingerprint density at radius 3 is 2.68 bits per heavy atom. The molecular formula is C14H15N3O2. The molecule has 0 aliphatic heterocycles. The lowest BCUT2D eigenvalue weighted by Gasteiger charge is -2.23. The van der Waals surface area contributed by atoms with Gasteiger partial charge in [-0.15, -0.1) is 0 Å². The SMILES string of the molecule is CCN(Cc1ncncc1C(=O)O)c1ccccc1. The third-order valence-electron chi connectivity index (χ3n) is 2.87. The number of aromatic nitrogens is 2. The number of para-hydroxylation sites is 1. The predicted molar refractivity (Wildman–Crippen MR) is 72.2 cm³/mol. The van der Waals surface area contributed by atoms with Crippen LogP contribution < -0.4 is 4.90 Å². The van der Waals surface area contributed by atoms with Crippen molar-refractivity contribution in [3.63, 3.8) is 0 Å². The van der Waals surface area contributed by atoms with E-state index in [1.807, 2.05) is 37.3 Å². The van der Waals surface area contributed by atoms with Crippen LogP contribution in [0.25, 0.3) is 0 Å². The maximum atomic E-state index is 11.1. The summed E-state index contributed by atoms with van der Waals surface area (Å²) in [5.41, 5.74) is 1.71. The second kappa shape index (κ2) is 5.95. The maximum Gasteiger partial charge on any atom is 0.339 e. The number of rotatable bonds is 5. The fourth-order valence-electron chi connectivity index (χ4n) is 1.86. The van der Waals surface area contributed by atoms with Gasteiger partial charge in [-0.3, -0.25) is 0 Å². The van der Waals surface area contributed by atoms with Gasteiger partial charge in [-0.2, -0.15) is 0 Å². The van der Waals surface area contributed by atoms with Gasteiger partial charge in [0.1, 0.15) is 11.9 Å². The summed E-state index contributed by atoms with van der Waals surface area (Å²) in [5, 5.41) is 9.12. The molecule has 1 aromatic carbocycles. The van der Waals surface area contributed by atoms with Gasteiger partial charge in [-0.05, 0) is 19.1 Å². The quantitative estimate of drug-likeness (QED) is 0.889. The van der Waals surface area contributed by atoms with Crippen molar-refractivity contribution in [3.05, 3.63) is 54.1 Å². The Hall–Kier alpha value is -2.43. The number of carboxylic acids is 1. The fraction of sp³-hybridized carbons (Fsp3) is 0.214. The lowest BCUT2D eigenvalue weighted by atomic mass is 10.2. The van der Waals surface area contributed by atoms with Gasteiger partial charge >= 0.3 is 5.97 Å². The fourth-order valence-corrected chi connectivity index (χ4v) is 1.86. The first-order valence-corrected chi connectivity index (χ1v) is 6.04. The minimum Gasteiger partial charge on any atom is -0.478 e. The molecule has 0 saturated carbocycles. The third-order valence-corrected chi connectivity index (χ3v) is 2.87. The van der Waals surface area contributed by atoms with Crippen LogP contribution >= 0.6 is 0 Å². The minimum atomic E-state index is -1.00. The monoisotopic (exact) mass is 257 g/mol. The smallest absolute Gasteiger partial charge is 0.339 e. The predicted octanol–water partition coefficient (Wildman–Crippen LogP) is 2.20. The van der Waals surface area contributed by atoms with Crippen molar-refractivity contribution in [1.82, 2.24) is 9.97 Å². The Morgan fingerprint density at radius 1 is 1.32 bits per heavy atom. The summed E-state index contributed by atoms with van der Waals surface area (Å²) in [6.45, 7) is 3.24. The molecule has 5 nitrogen and oxygen atoms in total. The summed E-state index contributed by atoms with van der Waals surface area (Å²) in [6, 6.07) is 9.84. The number of aromatic carboxylic acids is 1. The maximum absolute atomic E-state index is 11.1. The van der Waals surface area contributed by atoms with Gasteiger partial charge in [0.05, 0.1) is 12.2 Å². The molecule has 5 heteroatoms. The average Bonchev–Trinajstić information content (AvgIpc) is 2.46. The van der Waals surface area contributed by atoms with Crippen LogP contribution in [-0.4, -0.2) is 27.6 Å². The molecule has 0 amide bonds. The standard InChI is InChI=1S/C14H15N3O2/c1-2-17(11-6-4-3-5-7-11)9-13-12(14(18)19)8-15-10-16-13/h3-8,10H,2,9H2,1H3,(H,18,19). The molecule has 0 aliphatic rings. The Bertz CT molecular complexity index is 558. The lowest BCUT2D eigenvalue weighted by molar-refractivity contribution is 0.0694. The molecule has 0 fully saturated rings. The Kier molecular flexibility index (Phi) is 4.07. The van der Waals surface area contributed by atoms with Gasteiger partial charge in [0.2, 0.25) is 0 Å². The van der Waals surface area contributed by atoms with E-state index in [1.165, 1.54) is 12.5 Å². The summed E-state index contributed by atoms with van der Waals surface area (Å²) in [5.74, 6) is -1.00. The Balaban J connectivity index is 2.27. The first-order chi connectivity index (χ1) is 9.22. The number of nitrogens with zero attached hydrogens (tertiary/aromatic N) is 3. The highest BCUT2D eigenvalue weighted by Crippen LogP contribution is 2.16. The normalized spacial score (nSPS) is 10.2. The molecule has 1 heterocycles. The summed E-state index contributed by atoms with van der Waals surface area (Å²) < 4.78 is 0. The summed E-state index contributed by atoms with van der Waals surface area (Å²) in [4.78, 5) is 21.0. The topological polar surface area (TPSA) is 66.3 Å². The molecule has 19 heavy (non-hydrogen) atoms. The zero-order valence-electron chi connectivity index (χ0n) is 10.7. The molecule has 0 bridgehead atoms. The number of hydrogen-bond acceptors (Lipinski definition) is 4. The number of benzene rings is 1. The van der Waals surface area contributed by atoms with E-state index in [1.54, 1.807) is 0 Å². The van der Waals surface area contributed by atoms with Crippen molar-refractivity contribution in [1.29, 1.82) is 0 Å². The molecule has 98 valence electrons. The largest absolute Gasteiger partial charge is 0.478 e. The first-order valence-electron chi connectivity index (χ1n) is 6.04. The molecule has 2 rings (SSSR count). The van der Waals surface area contributed by atoms with Crippen molar-refractivity contribution < 1.29 is 9.90 Å². The summed E-state index contributed by atoms with van der Waals surface area (Å²) >= 11 is 0. The van der Waals surface area contributed by atoms with E-state index in [0.29, 0.717) is 12.2 Å². The van der Waals surface area contributed by atoms with Crippen LogP contribution in [0, 0.1) is 0 Å². The molecule has 0 spiro atoms. The van der Waals surface area contributed by atoms with Crippen molar-refractivity contribution in [2.45, 2.75) is 13.5 Å². The highest BCUT2D eigenvalue weighted by Gasteiger charge is 2.14. The number of anilines is 1. The summed E-state index contributed by atoms with van der Waals surface area (Å²) in [6.07, 6.45) is 2.71. The third kappa shape index (κ3) is 3.07. The van der Waals surface area contributed by atoms with Crippen LogP contribution in [-0.2, 0) is 6.54 Å². The molecule has 1 N–H and O–H groups in total. The molecule has 2 aromatic rings. The van der Waals surface area contributed by atoms with E-state index in [9.17, 15) is 4.79 Å².